The van der Waals surface area contributed by atoms with Gasteiger partial charge in [-0.25, -0.2) is 0 Å². The van der Waals surface area contributed by atoms with Gasteiger partial charge in [-0.15, -0.1) is 11.3 Å². The Bertz CT molecular complexity index is 1710. The van der Waals surface area contributed by atoms with Gasteiger partial charge >= 0.3 is 0 Å². The third kappa shape index (κ3) is 4.93. The number of nitrogens with zero attached hydrogens (tertiary/aromatic N) is 3. The van der Waals surface area contributed by atoms with E-state index in [0.717, 1.165) is 26.9 Å². The number of para-hydroxylation sites is 1. The van der Waals surface area contributed by atoms with E-state index in [2.05, 4.69) is 4.98 Å². The second kappa shape index (κ2) is 11.2. The first-order valence-corrected chi connectivity index (χ1v) is 13.3. The van der Waals surface area contributed by atoms with Crippen molar-refractivity contribution in [2.45, 2.75) is 13.0 Å². The molecular weight excluding hydrogens is 514 g/mol. The van der Waals surface area contributed by atoms with Crippen LogP contribution >= 0.6 is 11.3 Å². The van der Waals surface area contributed by atoms with Crippen LogP contribution in [0.1, 0.15) is 20.9 Å². The molecule has 9 heteroatoms. The first kappa shape index (κ1) is 26.2. The highest BCUT2D eigenvalue weighted by atomic mass is 32.1. The number of rotatable bonds is 9. The molecule has 0 spiro atoms. The summed E-state index contributed by atoms with van der Waals surface area (Å²) in [4.78, 5) is 34.0. The zero-order valence-electron chi connectivity index (χ0n) is 22.3. The molecule has 3 aromatic heterocycles. The summed E-state index contributed by atoms with van der Waals surface area (Å²) in [6, 6.07) is 19.1. The van der Waals surface area contributed by atoms with Crippen LogP contribution in [0.15, 0.2) is 71.7 Å². The van der Waals surface area contributed by atoms with Crippen molar-refractivity contribution in [1.29, 1.82) is 0 Å². The van der Waals surface area contributed by atoms with E-state index in [9.17, 15) is 9.59 Å². The normalized spacial score (nSPS) is 11.1. The van der Waals surface area contributed by atoms with Gasteiger partial charge in [0, 0.05) is 25.2 Å². The maximum absolute atomic E-state index is 13.9. The summed E-state index contributed by atoms with van der Waals surface area (Å²) in [5.74, 6) is 1.41. The second-order valence-electron chi connectivity index (χ2n) is 9.06. The van der Waals surface area contributed by atoms with Gasteiger partial charge in [0.05, 0.1) is 43.8 Å². The highest BCUT2D eigenvalue weighted by molar-refractivity contribution is 7.22. The van der Waals surface area contributed by atoms with Crippen LogP contribution in [0.2, 0.25) is 0 Å². The molecule has 2 aromatic carbocycles. The molecule has 0 fully saturated rings. The van der Waals surface area contributed by atoms with E-state index in [0.29, 0.717) is 47.0 Å². The molecule has 3 heterocycles. The van der Waals surface area contributed by atoms with Gasteiger partial charge in [-0.3, -0.25) is 14.6 Å². The minimum atomic E-state index is -0.213. The van der Waals surface area contributed by atoms with Gasteiger partial charge in [-0.1, -0.05) is 30.3 Å². The Kier molecular flexibility index (Phi) is 7.51. The minimum absolute atomic E-state index is 0.201. The zero-order chi connectivity index (χ0) is 27.5. The van der Waals surface area contributed by atoms with E-state index >= 15 is 0 Å². The molecule has 200 valence electrons. The molecule has 5 aromatic rings. The molecule has 0 aliphatic carbocycles. The largest absolute Gasteiger partial charge is 0.494 e. The fourth-order valence-electron chi connectivity index (χ4n) is 4.70. The number of methoxy groups -OCH3 is 3. The van der Waals surface area contributed by atoms with Crippen molar-refractivity contribution in [3.8, 4) is 17.2 Å². The molecular formula is C30H29N3O5S. The number of aromatic nitrogens is 2. The maximum Gasteiger partial charge on any atom is 0.267 e. The van der Waals surface area contributed by atoms with Crippen LogP contribution in [-0.4, -0.2) is 55.3 Å². The summed E-state index contributed by atoms with van der Waals surface area (Å²) < 4.78 is 18.9. The van der Waals surface area contributed by atoms with Crippen molar-refractivity contribution >= 4 is 38.2 Å². The number of pyridine rings is 2. The molecule has 0 bridgehead atoms. The molecule has 0 atom stereocenters. The molecule has 5 rings (SSSR count). The number of likely N-dealkylation sites (N-methyl/N-ethyl adjacent to an activating group) is 1. The quantitative estimate of drug-likeness (QED) is 0.260. The predicted molar refractivity (Wildman–Crippen MR) is 154 cm³/mol. The van der Waals surface area contributed by atoms with Gasteiger partial charge in [-0.05, 0) is 42.3 Å². The third-order valence-corrected chi connectivity index (χ3v) is 7.93. The van der Waals surface area contributed by atoms with Gasteiger partial charge in [0.2, 0.25) is 0 Å². The number of fused-ring (bicyclic) bond motifs is 3. The highest BCUT2D eigenvalue weighted by Crippen LogP contribution is 2.40. The molecule has 0 N–H and O–H groups in total. The van der Waals surface area contributed by atoms with E-state index in [-0.39, 0.29) is 11.5 Å². The van der Waals surface area contributed by atoms with Crippen molar-refractivity contribution in [3.05, 3.63) is 93.3 Å². The minimum Gasteiger partial charge on any atom is -0.494 e. The van der Waals surface area contributed by atoms with Gasteiger partial charge in [0.25, 0.3) is 11.5 Å². The third-order valence-electron chi connectivity index (χ3n) is 6.74. The van der Waals surface area contributed by atoms with Crippen LogP contribution in [0.5, 0.6) is 17.2 Å². The molecule has 0 aliphatic rings. The summed E-state index contributed by atoms with van der Waals surface area (Å²) in [6.07, 6.45) is 2.33. The number of benzene rings is 2. The predicted octanol–water partition coefficient (Wildman–Crippen LogP) is 5.00. The van der Waals surface area contributed by atoms with Crippen LogP contribution in [0, 0.1) is 0 Å². The number of amides is 1. The Labute approximate surface area is 230 Å². The monoisotopic (exact) mass is 543 g/mol. The Hall–Kier alpha value is -4.37. The van der Waals surface area contributed by atoms with Crippen molar-refractivity contribution in [2.24, 2.45) is 0 Å². The molecule has 0 saturated carbocycles. The van der Waals surface area contributed by atoms with E-state index < -0.39 is 0 Å². The Balaban J connectivity index is 1.52. The maximum atomic E-state index is 13.9. The number of carbonyl (C=O) groups excluding carboxylic acids is 1. The van der Waals surface area contributed by atoms with E-state index in [1.165, 1.54) is 18.4 Å². The lowest BCUT2D eigenvalue weighted by molar-refractivity contribution is 0.0798. The Morgan fingerprint density at radius 1 is 0.974 bits per heavy atom. The molecule has 0 radical (unpaired) electrons. The first-order valence-electron chi connectivity index (χ1n) is 12.4. The molecule has 39 heavy (non-hydrogen) atoms. The zero-order valence-corrected chi connectivity index (χ0v) is 23.1. The smallest absolute Gasteiger partial charge is 0.267 e. The average Bonchev–Trinajstić information content (AvgIpc) is 3.38. The van der Waals surface area contributed by atoms with Crippen LogP contribution < -0.4 is 19.8 Å². The molecule has 1 amide bonds. The van der Waals surface area contributed by atoms with Gasteiger partial charge in [-0.2, -0.15) is 0 Å². The summed E-state index contributed by atoms with van der Waals surface area (Å²) in [5.41, 5.74) is 2.35. The number of hydrogen-bond donors (Lipinski definition) is 0. The lowest BCUT2D eigenvalue weighted by atomic mass is 10.1. The lowest BCUT2D eigenvalue weighted by Crippen LogP contribution is -2.28. The lowest BCUT2D eigenvalue weighted by Gasteiger charge is -2.17. The van der Waals surface area contributed by atoms with E-state index in [4.69, 9.17) is 14.2 Å². The van der Waals surface area contributed by atoms with Gasteiger partial charge in [0.1, 0.15) is 10.3 Å². The summed E-state index contributed by atoms with van der Waals surface area (Å²) >= 11 is 1.29. The van der Waals surface area contributed by atoms with Crippen molar-refractivity contribution in [1.82, 2.24) is 14.5 Å². The Morgan fingerprint density at radius 3 is 2.46 bits per heavy atom. The van der Waals surface area contributed by atoms with Crippen LogP contribution in [-0.2, 0) is 13.0 Å². The van der Waals surface area contributed by atoms with Crippen molar-refractivity contribution in [3.63, 3.8) is 0 Å². The average molecular weight is 544 g/mol. The fraction of sp³-hybridized carbons (Fsp3) is 0.233. The van der Waals surface area contributed by atoms with Gasteiger partial charge in [0.15, 0.2) is 17.2 Å². The molecule has 8 nitrogen and oxygen atoms in total. The highest BCUT2D eigenvalue weighted by Gasteiger charge is 2.26. The second-order valence-corrected chi connectivity index (χ2v) is 10.1. The Morgan fingerprint density at radius 2 is 1.74 bits per heavy atom. The topological polar surface area (TPSA) is 82.9 Å². The number of thiophene rings is 1. The number of carbonyl (C=O) groups is 1. The van der Waals surface area contributed by atoms with Crippen LogP contribution in [0.25, 0.3) is 21.0 Å². The summed E-state index contributed by atoms with van der Waals surface area (Å²) in [5, 5.41) is 1.30. The summed E-state index contributed by atoms with van der Waals surface area (Å²) in [6.45, 7) is 0.778. The van der Waals surface area contributed by atoms with Crippen LogP contribution in [0.4, 0.5) is 0 Å². The first-order chi connectivity index (χ1) is 19.0. The standard InChI is InChI=1S/C30H29N3O5S/c1-32(16-14-19-12-13-23(36-2)24(17-19)37-3)30(35)28-26(38-4)25-27(39-28)21-10-5-6-11-22(21)33(29(25)34)18-20-9-7-8-15-31-20/h5-13,15,17H,14,16,18H2,1-4H3. The summed E-state index contributed by atoms with van der Waals surface area (Å²) in [7, 11) is 6.45. The van der Waals surface area contributed by atoms with Crippen LogP contribution in [0.3, 0.4) is 0 Å². The van der Waals surface area contributed by atoms with Crippen molar-refractivity contribution < 1.29 is 19.0 Å². The SMILES string of the molecule is COc1ccc(CCN(C)C(=O)c2sc3c(c2OC)c(=O)n(Cc2ccccn2)c2ccccc32)cc1OC. The number of ether oxygens (including phenoxy) is 3. The van der Waals surface area contributed by atoms with Gasteiger partial charge < -0.3 is 23.7 Å². The fourth-order valence-corrected chi connectivity index (χ4v) is 5.99. The van der Waals surface area contributed by atoms with E-state index in [1.54, 1.807) is 36.9 Å². The molecule has 0 aliphatic heterocycles. The number of hydrogen-bond acceptors (Lipinski definition) is 7. The van der Waals surface area contributed by atoms with Crippen molar-refractivity contribution in [2.75, 3.05) is 34.9 Å². The van der Waals surface area contributed by atoms with E-state index in [1.807, 2.05) is 60.7 Å². The molecule has 0 unspecified atom stereocenters. The molecule has 0 saturated heterocycles.